The molecule has 2 aromatic rings. The van der Waals surface area contributed by atoms with E-state index in [1.165, 1.54) is 31.6 Å². The predicted molar refractivity (Wildman–Crippen MR) is 105 cm³/mol. The van der Waals surface area contributed by atoms with Gasteiger partial charge in [-0.3, -0.25) is 19.8 Å². The summed E-state index contributed by atoms with van der Waals surface area (Å²) in [6.07, 6.45) is 2.69. The number of halogens is 1. The molecule has 2 N–H and O–H groups in total. The molecule has 4 amide bonds. The highest BCUT2D eigenvalue weighted by Crippen LogP contribution is 2.37. The van der Waals surface area contributed by atoms with E-state index in [-0.39, 0.29) is 23.6 Å². The number of hydrogen-bond acceptors (Lipinski definition) is 7. The molecular formula is C19H15BrN2O8. The van der Waals surface area contributed by atoms with Crippen LogP contribution in [0.5, 0.6) is 11.5 Å². The number of ether oxygens (including phenoxy) is 2. The fourth-order valence-corrected chi connectivity index (χ4v) is 3.23. The van der Waals surface area contributed by atoms with E-state index >= 15 is 0 Å². The molecule has 0 saturated carbocycles. The third-order valence-electron chi connectivity index (χ3n) is 3.98. The quantitative estimate of drug-likeness (QED) is 0.456. The molecule has 1 aromatic carbocycles. The van der Waals surface area contributed by atoms with Gasteiger partial charge in [-0.15, -0.1) is 0 Å². The molecule has 1 aromatic heterocycles. The molecule has 0 radical (unpaired) electrons. The number of furan rings is 1. The van der Waals surface area contributed by atoms with Crippen molar-refractivity contribution >= 4 is 45.8 Å². The monoisotopic (exact) mass is 478 g/mol. The van der Waals surface area contributed by atoms with E-state index in [1.54, 1.807) is 12.1 Å². The molecule has 30 heavy (non-hydrogen) atoms. The van der Waals surface area contributed by atoms with Crippen LogP contribution in [0.2, 0.25) is 0 Å². The lowest BCUT2D eigenvalue weighted by Crippen LogP contribution is -2.53. The molecule has 0 bridgehead atoms. The van der Waals surface area contributed by atoms with Crippen LogP contribution in [-0.2, 0) is 20.9 Å². The van der Waals surface area contributed by atoms with E-state index in [4.69, 9.17) is 19.0 Å². The summed E-state index contributed by atoms with van der Waals surface area (Å²) in [5.41, 5.74) is 0.113. The minimum Gasteiger partial charge on any atom is -0.493 e. The Labute approximate surface area is 178 Å². The number of benzene rings is 1. The standard InChI is InChI=1S/C19H15BrN2O8/c1-28-14-7-10(6-13(20)16(14)30-9-15(23)24)5-12-17(25)21-19(27)22(18(12)26)8-11-3-2-4-29-11/h2-7H,8-9H2,1H3,(H,23,24)(H,21,25,27). The fourth-order valence-electron chi connectivity index (χ4n) is 2.66. The molecule has 11 heteroatoms. The van der Waals surface area contributed by atoms with Crippen molar-refractivity contribution in [3.63, 3.8) is 0 Å². The smallest absolute Gasteiger partial charge is 0.341 e. The number of nitrogens with zero attached hydrogens (tertiary/aromatic N) is 1. The van der Waals surface area contributed by atoms with E-state index in [1.807, 2.05) is 0 Å². The van der Waals surface area contributed by atoms with Crippen LogP contribution in [0, 0.1) is 0 Å². The predicted octanol–water partition coefficient (Wildman–Crippen LogP) is 2.18. The molecule has 0 atom stereocenters. The van der Waals surface area contributed by atoms with Crippen molar-refractivity contribution in [2.24, 2.45) is 0 Å². The molecule has 3 rings (SSSR count). The molecule has 156 valence electrons. The van der Waals surface area contributed by atoms with E-state index < -0.39 is 30.4 Å². The number of methoxy groups -OCH3 is 1. The van der Waals surface area contributed by atoms with Gasteiger partial charge in [0.1, 0.15) is 11.3 Å². The number of urea groups is 1. The van der Waals surface area contributed by atoms with Gasteiger partial charge in [0.2, 0.25) is 0 Å². The average Bonchev–Trinajstić information content (AvgIpc) is 3.20. The summed E-state index contributed by atoms with van der Waals surface area (Å²) in [5.74, 6) is -2.10. The number of nitrogens with one attached hydrogen (secondary N) is 1. The van der Waals surface area contributed by atoms with Gasteiger partial charge in [0, 0.05) is 0 Å². The summed E-state index contributed by atoms with van der Waals surface area (Å²) in [4.78, 5) is 48.7. The molecular weight excluding hydrogens is 464 g/mol. The average molecular weight is 479 g/mol. The van der Waals surface area contributed by atoms with Crippen molar-refractivity contribution in [3.05, 3.63) is 51.9 Å². The number of imide groups is 2. The molecule has 1 fully saturated rings. The Morgan fingerprint density at radius 1 is 1.33 bits per heavy atom. The van der Waals surface area contributed by atoms with Crippen molar-refractivity contribution in [2.75, 3.05) is 13.7 Å². The maximum Gasteiger partial charge on any atom is 0.341 e. The molecule has 1 aliphatic heterocycles. The SMILES string of the molecule is COc1cc(C=C2C(=O)NC(=O)N(Cc3ccco3)C2=O)cc(Br)c1OCC(=O)O. The third-order valence-corrected chi connectivity index (χ3v) is 4.57. The second-order valence-corrected chi connectivity index (χ2v) is 6.86. The van der Waals surface area contributed by atoms with Gasteiger partial charge in [-0.1, -0.05) is 0 Å². The number of amides is 4. The molecule has 0 unspecified atom stereocenters. The lowest BCUT2D eigenvalue weighted by atomic mass is 10.1. The summed E-state index contributed by atoms with van der Waals surface area (Å²) in [6.45, 7) is -0.725. The van der Waals surface area contributed by atoms with Gasteiger partial charge >= 0.3 is 12.0 Å². The first-order valence-electron chi connectivity index (χ1n) is 8.43. The number of carboxylic acids is 1. The van der Waals surface area contributed by atoms with Gasteiger partial charge in [-0.25, -0.2) is 9.59 Å². The number of carboxylic acid groups (broad SMARTS) is 1. The summed E-state index contributed by atoms with van der Waals surface area (Å²) in [6, 6.07) is 5.33. The van der Waals surface area contributed by atoms with Crippen LogP contribution in [0.15, 0.2) is 45.0 Å². The fraction of sp³-hybridized carbons (Fsp3) is 0.158. The number of hydrogen-bond donors (Lipinski definition) is 2. The van der Waals surface area contributed by atoms with Gasteiger partial charge < -0.3 is 19.0 Å². The molecule has 0 spiro atoms. The van der Waals surface area contributed by atoms with Crippen LogP contribution in [-0.4, -0.2) is 47.5 Å². The van der Waals surface area contributed by atoms with Crippen molar-refractivity contribution in [1.29, 1.82) is 0 Å². The minimum absolute atomic E-state index is 0.142. The Bertz CT molecular complexity index is 1050. The van der Waals surface area contributed by atoms with E-state index in [0.29, 0.717) is 15.8 Å². The van der Waals surface area contributed by atoms with Crippen LogP contribution in [0.3, 0.4) is 0 Å². The zero-order valence-corrected chi connectivity index (χ0v) is 17.1. The number of carbonyl (C=O) groups is 4. The lowest BCUT2D eigenvalue weighted by Gasteiger charge is -2.25. The largest absolute Gasteiger partial charge is 0.493 e. The molecule has 2 heterocycles. The summed E-state index contributed by atoms with van der Waals surface area (Å²) in [5, 5.41) is 10.9. The molecule has 0 aliphatic carbocycles. The Balaban J connectivity index is 1.92. The second kappa shape index (κ2) is 8.82. The van der Waals surface area contributed by atoms with E-state index in [0.717, 1.165) is 4.90 Å². The Kier molecular flexibility index (Phi) is 6.21. The Morgan fingerprint density at radius 2 is 2.10 bits per heavy atom. The van der Waals surface area contributed by atoms with Crippen molar-refractivity contribution in [2.45, 2.75) is 6.54 Å². The summed E-state index contributed by atoms with van der Waals surface area (Å²) >= 11 is 3.26. The van der Waals surface area contributed by atoms with E-state index in [2.05, 4.69) is 21.2 Å². The minimum atomic E-state index is -1.17. The zero-order valence-electron chi connectivity index (χ0n) is 15.5. The van der Waals surface area contributed by atoms with Crippen LogP contribution in [0.1, 0.15) is 11.3 Å². The zero-order chi connectivity index (χ0) is 21.8. The maximum absolute atomic E-state index is 12.8. The van der Waals surface area contributed by atoms with Gasteiger partial charge in [-0.05, 0) is 51.8 Å². The van der Waals surface area contributed by atoms with Crippen LogP contribution in [0.25, 0.3) is 6.08 Å². The van der Waals surface area contributed by atoms with Crippen LogP contribution < -0.4 is 14.8 Å². The molecule has 10 nitrogen and oxygen atoms in total. The van der Waals surface area contributed by atoms with Crippen molar-refractivity contribution in [1.82, 2.24) is 10.2 Å². The Morgan fingerprint density at radius 3 is 2.73 bits per heavy atom. The van der Waals surface area contributed by atoms with Gasteiger partial charge in [0.15, 0.2) is 18.1 Å². The number of rotatable bonds is 7. The molecule has 1 aliphatic rings. The Hall–Kier alpha value is -3.60. The van der Waals surface area contributed by atoms with Crippen molar-refractivity contribution in [3.8, 4) is 11.5 Å². The lowest BCUT2D eigenvalue weighted by molar-refractivity contribution is -0.139. The first-order chi connectivity index (χ1) is 14.3. The highest BCUT2D eigenvalue weighted by atomic mass is 79.9. The number of aliphatic carboxylic acids is 1. The normalized spacial score (nSPS) is 15.3. The summed E-state index contributed by atoms with van der Waals surface area (Å²) < 4.78 is 15.9. The highest BCUT2D eigenvalue weighted by molar-refractivity contribution is 9.10. The van der Waals surface area contributed by atoms with Crippen LogP contribution in [0.4, 0.5) is 4.79 Å². The maximum atomic E-state index is 12.8. The number of barbiturate groups is 1. The van der Waals surface area contributed by atoms with Gasteiger partial charge in [-0.2, -0.15) is 0 Å². The first-order valence-corrected chi connectivity index (χ1v) is 9.23. The number of carbonyl (C=O) groups excluding carboxylic acids is 3. The van der Waals surface area contributed by atoms with E-state index in [9.17, 15) is 19.2 Å². The van der Waals surface area contributed by atoms with Gasteiger partial charge in [0.05, 0.1) is 24.4 Å². The first kappa shape index (κ1) is 21.1. The second-order valence-electron chi connectivity index (χ2n) is 6.00. The summed E-state index contributed by atoms with van der Waals surface area (Å²) in [7, 11) is 1.36. The van der Waals surface area contributed by atoms with Gasteiger partial charge in [0.25, 0.3) is 11.8 Å². The topological polar surface area (TPSA) is 135 Å². The molecule has 1 saturated heterocycles. The third kappa shape index (κ3) is 4.51. The highest BCUT2D eigenvalue weighted by Gasteiger charge is 2.36. The van der Waals surface area contributed by atoms with Crippen molar-refractivity contribution < 1.29 is 38.2 Å². The van der Waals surface area contributed by atoms with Crippen LogP contribution >= 0.6 is 15.9 Å².